The van der Waals surface area contributed by atoms with Gasteiger partial charge in [-0.1, -0.05) is 39.0 Å². The molecule has 0 amide bonds. The first-order valence-corrected chi connectivity index (χ1v) is 6.94. The minimum Gasteiger partial charge on any atom is -0.487 e. The lowest BCUT2D eigenvalue weighted by Gasteiger charge is -2.20. The number of benzene rings is 1. The summed E-state index contributed by atoms with van der Waals surface area (Å²) >= 11 is 0. The lowest BCUT2D eigenvalue weighted by Crippen LogP contribution is -2.34. The third-order valence-corrected chi connectivity index (χ3v) is 3.10. The van der Waals surface area contributed by atoms with E-state index >= 15 is 0 Å². The van der Waals surface area contributed by atoms with Gasteiger partial charge in [0.1, 0.15) is 17.4 Å². The van der Waals surface area contributed by atoms with Gasteiger partial charge >= 0.3 is 0 Å². The van der Waals surface area contributed by atoms with E-state index in [9.17, 15) is 0 Å². The first-order valence-electron chi connectivity index (χ1n) is 6.94. The number of para-hydroxylation sites is 1. The fourth-order valence-electron chi connectivity index (χ4n) is 1.99. The van der Waals surface area contributed by atoms with Crippen LogP contribution in [0.2, 0.25) is 0 Å². The van der Waals surface area contributed by atoms with Gasteiger partial charge in [-0.15, -0.1) is 0 Å². The van der Waals surface area contributed by atoms with E-state index in [4.69, 9.17) is 4.74 Å². The molecule has 3 heteroatoms. The molecule has 3 nitrogen and oxygen atoms in total. The van der Waals surface area contributed by atoms with Crippen LogP contribution in [0.4, 0.5) is 0 Å². The van der Waals surface area contributed by atoms with Crippen molar-refractivity contribution in [2.75, 3.05) is 6.54 Å². The average Bonchev–Trinajstić information content (AvgIpc) is 2.43. The Labute approximate surface area is 115 Å². The quantitative estimate of drug-likeness (QED) is 0.862. The van der Waals surface area contributed by atoms with Gasteiger partial charge in [0.05, 0.1) is 0 Å². The minimum absolute atomic E-state index is 0.176. The monoisotopic (exact) mass is 258 g/mol. The predicted octanol–water partition coefficient (Wildman–Crippen LogP) is 3.39. The number of fused-ring (bicyclic) bond motifs is 1. The molecule has 1 aromatic heterocycles. The van der Waals surface area contributed by atoms with Gasteiger partial charge in [-0.25, -0.2) is 0 Å². The Hall–Kier alpha value is -1.61. The van der Waals surface area contributed by atoms with E-state index in [2.05, 4.69) is 43.2 Å². The van der Waals surface area contributed by atoms with Crippen LogP contribution < -0.4 is 10.1 Å². The first-order chi connectivity index (χ1) is 9.20. The summed E-state index contributed by atoms with van der Waals surface area (Å²) in [6, 6.07) is 10.5. The summed E-state index contributed by atoms with van der Waals surface area (Å²) in [6.07, 6.45) is 2.96. The molecule has 1 aromatic carbocycles. The standard InChI is InChI=1S/C16H22N2O/c1-4-14(11-18-12(2)3)19-15-9-5-7-13-8-6-10-17-16(13)15/h5-10,12,14,18H,4,11H2,1-3H3. The van der Waals surface area contributed by atoms with Crippen molar-refractivity contribution in [3.8, 4) is 5.75 Å². The Morgan fingerprint density at radius 1 is 1.21 bits per heavy atom. The summed E-state index contributed by atoms with van der Waals surface area (Å²) in [4.78, 5) is 4.42. The zero-order valence-corrected chi connectivity index (χ0v) is 11.9. The summed E-state index contributed by atoms with van der Waals surface area (Å²) in [6.45, 7) is 7.29. The molecular weight excluding hydrogens is 236 g/mol. The van der Waals surface area contributed by atoms with E-state index in [1.54, 1.807) is 0 Å². The van der Waals surface area contributed by atoms with E-state index in [0.717, 1.165) is 29.6 Å². The zero-order chi connectivity index (χ0) is 13.7. The van der Waals surface area contributed by atoms with Gasteiger partial charge in [-0.05, 0) is 18.6 Å². The molecule has 1 N–H and O–H groups in total. The van der Waals surface area contributed by atoms with Crippen LogP contribution in [0.1, 0.15) is 27.2 Å². The normalized spacial score (nSPS) is 12.8. The van der Waals surface area contributed by atoms with Crippen molar-refractivity contribution in [2.24, 2.45) is 0 Å². The van der Waals surface area contributed by atoms with Crippen molar-refractivity contribution < 1.29 is 4.74 Å². The van der Waals surface area contributed by atoms with Gasteiger partial charge in [0.15, 0.2) is 0 Å². The Bertz CT molecular complexity index is 520. The van der Waals surface area contributed by atoms with Crippen LogP contribution in [-0.2, 0) is 0 Å². The van der Waals surface area contributed by atoms with E-state index in [1.165, 1.54) is 0 Å². The maximum Gasteiger partial charge on any atom is 0.146 e. The SMILES string of the molecule is CCC(CNC(C)C)Oc1cccc2cccnc12. The molecule has 0 aliphatic carbocycles. The van der Waals surface area contributed by atoms with Gasteiger partial charge in [-0.3, -0.25) is 4.98 Å². The van der Waals surface area contributed by atoms with Crippen molar-refractivity contribution in [2.45, 2.75) is 39.3 Å². The summed E-state index contributed by atoms with van der Waals surface area (Å²) < 4.78 is 6.10. The number of nitrogens with one attached hydrogen (secondary N) is 1. The second-order valence-electron chi connectivity index (χ2n) is 5.04. The smallest absolute Gasteiger partial charge is 0.146 e. The highest BCUT2D eigenvalue weighted by Gasteiger charge is 2.11. The van der Waals surface area contributed by atoms with Crippen molar-refractivity contribution in [3.05, 3.63) is 36.5 Å². The largest absolute Gasteiger partial charge is 0.487 e. The molecule has 2 rings (SSSR count). The van der Waals surface area contributed by atoms with E-state index < -0.39 is 0 Å². The third kappa shape index (κ3) is 3.67. The predicted molar refractivity (Wildman–Crippen MR) is 79.6 cm³/mol. The Morgan fingerprint density at radius 3 is 2.74 bits per heavy atom. The molecule has 102 valence electrons. The molecule has 0 bridgehead atoms. The lowest BCUT2D eigenvalue weighted by atomic mass is 10.2. The summed E-state index contributed by atoms with van der Waals surface area (Å²) in [5.74, 6) is 0.871. The number of ether oxygens (including phenoxy) is 1. The molecule has 0 aliphatic rings. The number of hydrogen-bond donors (Lipinski definition) is 1. The maximum absolute atomic E-state index is 6.10. The van der Waals surface area contributed by atoms with E-state index in [1.807, 2.05) is 24.4 Å². The average molecular weight is 258 g/mol. The number of hydrogen-bond acceptors (Lipinski definition) is 3. The highest BCUT2D eigenvalue weighted by atomic mass is 16.5. The Morgan fingerprint density at radius 2 is 2.00 bits per heavy atom. The molecular formula is C16H22N2O. The lowest BCUT2D eigenvalue weighted by molar-refractivity contribution is 0.192. The molecule has 0 radical (unpaired) electrons. The van der Waals surface area contributed by atoms with Crippen LogP contribution in [0.3, 0.4) is 0 Å². The second-order valence-corrected chi connectivity index (χ2v) is 5.04. The van der Waals surface area contributed by atoms with Crippen LogP contribution in [0, 0.1) is 0 Å². The molecule has 1 atom stereocenters. The molecule has 1 unspecified atom stereocenters. The summed E-state index contributed by atoms with van der Waals surface area (Å²) in [7, 11) is 0. The first kappa shape index (κ1) is 13.8. The van der Waals surface area contributed by atoms with Crippen molar-refractivity contribution in [1.82, 2.24) is 10.3 Å². The molecule has 0 fully saturated rings. The van der Waals surface area contributed by atoms with Gasteiger partial charge < -0.3 is 10.1 Å². The van der Waals surface area contributed by atoms with Crippen molar-refractivity contribution in [3.63, 3.8) is 0 Å². The topological polar surface area (TPSA) is 34.1 Å². The van der Waals surface area contributed by atoms with Crippen LogP contribution in [0.5, 0.6) is 5.75 Å². The molecule has 1 heterocycles. The highest BCUT2D eigenvalue weighted by molar-refractivity contribution is 5.84. The Kier molecular flexibility index (Phi) is 4.74. The van der Waals surface area contributed by atoms with E-state index in [0.29, 0.717) is 6.04 Å². The van der Waals surface area contributed by atoms with Gasteiger partial charge in [0.25, 0.3) is 0 Å². The van der Waals surface area contributed by atoms with Crippen molar-refractivity contribution >= 4 is 10.9 Å². The number of aromatic nitrogens is 1. The Balaban J connectivity index is 2.15. The molecule has 2 aromatic rings. The second kappa shape index (κ2) is 6.53. The fourth-order valence-corrected chi connectivity index (χ4v) is 1.99. The van der Waals surface area contributed by atoms with Gasteiger partial charge in [-0.2, -0.15) is 0 Å². The molecule has 0 saturated carbocycles. The van der Waals surface area contributed by atoms with Gasteiger partial charge in [0.2, 0.25) is 0 Å². The maximum atomic E-state index is 6.10. The fraction of sp³-hybridized carbons (Fsp3) is 0.438. The molecule has 0 saturated heterocycles. The highest BCUT2D eigenvalue weighted by Crippen LogP contribution is 2.24. The van der Waals surface area contributed by atoms with Crippen LogP contribution in [-0.4, -0.2) is 23.7 Å². The van der Waals surface area contributed by atoms with Gasteiger partial charge in [0, 0.05) is 24.2 Å². The van der Waals surface area contributed by atoms with Crippen molar-refractivity contribution in [1.29, 1.82) is 0 Å². The zero-order valence-electron chi connectivity index (χ0n) is 11.9. The van der Waals surface area contributed by atoms with Crippen LogP contribution >= 0.6 is 0 Å². The van der Waals surface area contributed by atoms with E-state index in [-0.39, 0.29) is 6.10 Å². The number of rotatable bonds is 6. The summed E-state index contributed by atoms with van der Waals surface area (Å²) in [5, 5.41) is 4.54. The number of nitrogens with zero attached hydrogens (tertiary/aromatic N) is 1. The van der Waals surface area contributed by atoms with Crippen LogP contribution in [0.25, 0.3) is 10.9 Å². The van der Waals surface area contributed by atoms with Crippen LogP contribution in [0.15, 0.2) is 36.5 Å². The molecule has 19 heavy (non-hydrogen) atoms. The molecule has 0 spiro atoms. The number of pyridine rings is 1. The molecule has 0 aliphatic heterocycles. The minimum atomic E-state index is 0.176. The summed E-state index contributed by atoms with van der Waals surface area (Å²) in [5.41, 5.74) is 0.938. The third-order valence-electron chi connectivity index (χ3n) is 3.10.